The summed E-state index contributed by atoms with van der Waals surface area (Å²) in [5.41, 5.74) is 1.00. The molecule has 0 heterocycles. The van der Waals surface area contributed by atoms with Gasteiger partial charge in [-0.15, -0.1) is 0 Å². The molecule has 0 amide bonds. The van der Waals surface area contributed by atoms with Gasteiger partial charge in [0.25, 0.3) is 0 Å². The van der Waals surface area contributed by atoms with Gasteiger partial charge in [-0.3, -0.25) is 0 Å². The van der Waals surface area contributed by atoms with Crippen LogP contribution in [0.4, 0.5) is 0 Å². The minimum atomic E-state index is -1.04. The van der Waals surface area contributed by atoms with Gasteiger partial charge in [-0.05, 0) is 0 Å². The molecule has 9 heavy (non-hydrogen) atoms. The summed E-state index contributed by atoms with van der Waals surface area (Å²) in [5.74, 6) is 0.976. The van der Waals surface area contributed by atoms with E-state index in [9.17, 15) is 0 Å². The molecule has 2 heteroatoms. The van der Waals surface area contributed by atoms with Crippen LogP contribution in [0.5, 0.6) is 0 Å². The van der Waals surface area contributed by atoms with Crippen LogP contribution < -0.4 is 0 Å². The second kappa shape index (κ2) is 2.43. The Morgan fingerprint density at radius 2 is 1.89 bits per heavy atom. The molecule has 2 atom stereocenters. The first-order valence-electron chi connectivity index (χ1n) is 3.74. The van der Waals surface area contributed by atoms with Crippen molar-refractivity contribution in [2.24, 2.45) is 5.92 Å². The molecule has 1 fully saturated rings. The fraction of sp³-hybridized carbons (Fsp3) is 1.00. The predicted molar refractivity (Wildman–Crippen MR) is 51.3 cm³/mol. The van der Waals surface area contributed by atoms with Gasteiger partial charge < -0.3 is 0 Å². The SMILES string of the molecule is CC1CCC1[PH](C)(C)S. The van der Waals surface area contributed by atoms with Crippen molar-refractivity contribution >= 4 is 18.7 Å². The molecule has 1 aliphatic rings. The predicted octanol–water partition coefficient (Wildman–Crippen LogP) is 2.64. The zero-order valence-electron chi connectivity index (χ0n) is 6.52. The van der Waals surface area contributed by atoms with Crippen molar-refractivity contribution in [2.45, 2.75) is 25.4 Å². The van der Waals surface area contributed by atoms with Crippen molar-refractivity contribution < 1.29 is 0 Å². The molecule has 0 aromatic heterocycles. The van der Waals surface area contributed by atoms with E-state index in [1.54, 1.807) is 0 Å². The monoisotopic (exact) mass is 164 g/mol. The van der Waals surface area contributed by atoms with Gasteiger partial charge in [0.1, 0.15) is 0 Å². The minimum absolute atomic E-state index is 0.976. The Labute approximate surface area is 63.9 Å². The van der Waals surface area contributed by atoms with Crippen molar-refractivity contribution in [1.82, 2.24) is 0 Å². The van der Waals surface area contributed by atoms with Crippen LogP contribution in [0.15, 0.2) is 0 Å². The fourth-order valence-corrected chi connectivity index (χ4v) is 5.30. The first kappa shape index (κ1) is 7.88. The van der Waals surface area contributed by atoms with Crippen LogP contribution in [-0.4, -0.2) is 19.0 Å². The third-order valence-corrected chi connectivity index (χ3v) is 6.19. The third-order valence-electron chi connectivity index (χ3n) is 2.53. The topological polar surface area (TPSA) is 0 Å². The molecule has 0 bridgehead atoms. The van der Waals surface area contributed by atoms with Crippen molar-refractivity contribution in [3.63, 3.8) is 0 Å². The molecule has 0 aromatic carbocycles. The Balaban J connectivity index is 2.44. The van der Waals surface area contributed by atoms with Crippen LogP contribution >= 0.6 is 18.7 Å². The second-order valence-corrected chi connectivity index (χ2v) is 11.3. The summed E-state index contributed by atoms with van der Waals surface area (Å²) in [6.07, 6.45) is 2.89. The summed E-state index contributed by atoms with van der Waals surface area (Å²) in [4.78, 5) is 0. The average Bonchev–Trinajstić information content (AvgIpc) is 1.57. The average molecular weight is 164 g/mol. The van der Waals surface area contributed by atoms with E-state index in [4.69, 9.17) is 0 Å². The molecule has 0 aromatic rings. The van der Waals surface area contributed by atoms with E-state index < -0.39 is 6.46 Å². The van der Waals surface area contributed by atoms with Crippen LogP contribution in [0.25, 0.3) is 0 Å². The van der Waals surface area contributed by atoms with Crippen LogP contribution in [0, 0.1) is 5.92 Å². The molecule has 0 aliphatic heterocycles. The molecule has 56 valence electrons. The van der Waals surface area contributed by atoms with E-state index in [1.165, 1.54) is 12.8 Å². The zero-order chi connectivity index (χ0) is 7.07. The Kier molecular flexibility index (Phi) is 2.13. The molecule has 2 unspecified atom stereocenters. The van der Waals surface area contributed by atoms with Gasteiger partial charge in [-0.2, -0.15) is 0 Å². The van der Waals surface area contributed by atoms with Crippen LogP contribution in [0.2, 0.25) is 0 Å². The van der Waals surface area contributed by atoms with Gasteiger partial charge in [-0.1, -0.05) is 0 Å². The van der Waals surface area contributed by atoms with E-state index in [0.717, 1.165) is 11.6 Å². The Morgan fingerprint density at radius 3 is 1.89 bits per heavy atom. The first-order valence-corrected chi connectivity index (χ1v) is 8.11. The Morgan fingerprint density at radius 1 is 1.33 bits per heavy atom. The number of hydrogen-bond donors (Lipinski definition) is 1. The van der Waals surface area contributed by atoms with E-state index >= 15 is 0 Å². The second-order valence-electron chi connectivity index (χ2n) is 3.81. The quantitative estimate of drug-likeness (QED) is 0.447. The number of hydrogen-bond acceptors (Lipinski definition) is 1. The van der Waals surface area contributed by atoms with Crippen LogP contribution in [0.1, 0.15) is 19.8 Å². The third kappa shape index (κ3) is 1.62. The van der Waals surface area contributed by atoms with E-state index in [2.05, 4.69) is 32.5 Å². The summed E-state index contributed by atoms with van der Waals surface area (Å²) in [7, 11) is 0. The van der Waals surface area contributed by atoms with E-state index in [1.807, 2.05) is 0 Å². The van der Waals surface area contributed by atoms with Gasteiger partial charge in [0.2, 0.25) is 0 Å². The van der Waals surface area contributed by atoms with Crippen LogP contribution in [0.3, 0.4) is 0 Å². The molecule has 0 spiro atoms. The normalized spacial score (nSPS) is 37.8. The molecule has 1 aliphatic carbocycles. The van der Waals surface area contributed by atoms with Gasteiger partial charge in [0.05, 0.1) is 0 Å². The van der Waals surface area contributed by atoms with Gasteiger partial charge in [0, 0.05) is 0 Å². The van der Waals surface area contributed by atoms with Gasteiger partial charge in [-0.25, -0.2) is 0 Å². The summed E-state index contributed by atoms with van der Waals surface area (Å²) < 4.78 is 0. The van der Waals surface area contributed by atoms with E-state index in [0.29, 0.717) is 0 Å². The summed E-state index contributed by atoms with van der Waals surface area (Å²) in [6.45, 7) is 6.03. The molecular formula is C7H17PS. The number of rotatable bonds is 1. The van der Waals surface area contributed by atoms with Crippen molar-refractivity contribution in [2.75, 3.05) is 13.3 Å². The zero-order valence-corrected chi connectivity index (χ0v) is 8.41. The standard InChI is InChI=1S/C7H17PS/c1-6-4-5-7(6)8(2,3)9/h6-9H,4-5H2,1-3H3. The number of thiol groups is 1. The maximum atomic E-state index is 4.68. The molecule has 0 saturated heterocycles. The van der Waals surface area contributed by atoms with Gasteiger partial charge >= 0.3 is 63.4 Å². The van der Waals surface area contributed by atoms with Crippen LogP contribution in [-0.2, 0) is 0 Å². The Bertz CT molecular complexity index is 106. The molecular weight excluding hydrogens is 147 g/mol. The molecule has 0 nitrogen and oxygen atoms in total. The van der Waals surface area contributed by atoms with E-state index in [-0.39, 0.29) is 0 Å². The fourth-order valence-electron chi connectivity index (χ4n) is 1.72. The first-order chi connectivity index (χ1) is 4.02. The molecule has 1 rings (SSSR count). The van der Waals surface area contributed by atoms with Crippen molar-refractivity contribution in [1.29, 1.82) is 0 Å². The molecule has 0 radical (unpaired) electrons. The van der Waals surface area contributed by atoms with Crippen molar-refractivity contribution in [3.05, 3.63) is 0 Å². The van der Waals surface area contributed by atoms with Gasteiger partial charge in [0.15, 0.2) is 0 Å². The summed E-state index contributed by atoms with van der Waals surface area (Å²) >= 11 is 4.68. The molecule has 1 saturated carbocycles. The Hall–Kier alpha value is 0.780. The summed E-state index contributed by atoms with van der Waals surface area (Å²) in [6, 6.07) is 0. The van der Waals surface area contributed by atoms with Crippen molar-refractivity contribution in [3.8, 4) is 0 Å². The molecule has 0 N–H and O–H groups in total. The summed E-state index contributed by atoms with van der Waals surface area (Å²) in [5, 5.41) is 0. The maximum absolute atomic E-state index is 4.68.